The lowest BCUT2D eigenvalue weighted by Crippen LogP contribution is -2.09. The van der Waals surface area contributed by atoms with E-state index in [9.17, 15) is 0 Å². The van der Waals surface area contributed by atoms with Crippen LogP contribution in [0.1, 0.15) is 5.69 Å². The third-order valence-corrected chi connectivity index (χ3v) is 1.79. The van der Waals surface area contributed by atoms with Gasteiger partial charge in [0.05, 0.1) is 30.8 Å². The first-order valence-electron chi connectivity index (χ1n) is 4.10. The van der Waals surface area contributed by atoms with Crippen LogP contribution < -0.4 is 5.73 Å². The van der Waals surface area contributed by atoms with E-state index in [1.54, 1.807) is 18.0 Å². The highest BCUT2D eigenvalue weighted by molar-refractivity contribution is 5.39. The summed E-state index contributed by atoms with van der Waals surface area (Å²) in [5, 5.41) is 4.04. The molecule has 0 spiro atoms. The zero-order chi connectivity index (χ0) is 9.68. The second kappa shape index (κ2) is 4.84. The van der Waals surface area contributed by atoms with Gasteiger partial charge in [0.25, 0.3) is 0 Å². The van der Waals surface area contributed by atoms with Crippen molar-refractivity contribution in [3.8, 4) is 0 Å². The van der Waals surface area contributed by atoms with Gasteiger partial charge in [0, 0.05) is 7.11 Å². The fraction of sp³-hybridized carbons (Fsp3) is 0.625. The predicted octanol–water partition coefficient (Wildman–Crippen LogP) is 0.394. The van der Waals surface area contributed by atoms with Crippen molar-refractivity contribution < 1.29 is 9.47 Å². The molecular formula is C8H15N3O2. The van der Waals surface area contributed by atoms with Crippen molar-refractivity contribution in [3.05, 3.63) is 11.9 Å². The average molecular weight is 185 g/mol. The Morgan fingerprint density at radius 2 is 2.31 bits per heavy atom. The predicted molar refractivity (Wildman–Crippen MR) is 49.2 cm³/mol. The first-order valence-corrected chi connectivity index (χ1v) is 4.10. The molecule has 1 rings (SSSR count). The summed E-state index contributed by atoms with van der Waals surface area (Å²) in [5.41, 5.74) is 7.23. The molecule has 0 aliphatic rings. The number of nitrogens with two attached hydrogens (primary N) is 1. The van der Waals surface area contributed by atoms with Gasteiger partial charge in [-0.15, -0.1) is 0 Å². The van der Waals surface area contributed by atoms with Crippen molar-refractivity contribution in [3.63, 3.8) is 0 Å². The minimum absolute atomic E-state index is 0.423. The minimum Gasteiger partial charge on any atom is -0.396 e. The van der Waals surface area contributed by atoms with Crippen molar-refractivity contribution in [2.45, 2.75) is 13.7 Å². The molecule has 0 bridgehead atoms. The zero-order valence-electron chi connectivity index (χ0n) is 7.99. The molecule has 0 atom stereocenters. The third-order valence-electron chi connectivity index (χ3n) is 1.79. The number of nitrogens with zero attached hydrogens (tertiary/aromatic N) is 2. The molecule has 5 nitrogen and oxygen atoms in total. The number of ether oxygens (including phenoxy) is 2. The summed E-state index contributed by atoms with van der Waals surface area (Å²) in [7, 11) is 1.64. The highest BCUT2D eigenvalue weighted by Gasteiger charge is 2.01. The SMILES string of the molecule is COCCOCn1ncc(N)c1C. The smallest absolute Gasteiger partial charge is 0.139 e. The maximum Gasteiger partial charge on any atom is 0.139 e. The Morgan fingerprint density at radius 1 is 1.54 bits per heavy atom. The van der Waals surface area contributed by atoms with Gasteiger partial charge < -0.3 is 15.2 Å². The molecule has 0 aromatic carbocycles. The molecule has 5 heteroatoms. The summed E-state index contributed by atoms with van der Waals surface area (Å²) in [4.78, 5) is 0. The van der Waals surface area contributed by atoms with Crippen molar-refractivity contribution in [2.24, 2.45) is 0 Å². The Kier molecular flexibility index (Phi) is 3.72. The first kappa shape index (κ1) is 10.0. The summed E-state index contributed by atoms with van der Waals surface area (Å²) in [6.45, 7) is 3.49. The molecule has 1 heterocycles. The van der Waals surface area contributed by atoms with Crippen LogP contribution in [-0.4, -0.2) is 30.1 Å². The van der Waals surface area contributed by atoms with Gasteiger partial charge in [-0.25, -0.2) is 4.68 Å². The van der Waals surface area contributed by atoms with E-state index in [1.165, 1.54) is 0 Å². The average Bonchev–Trinajstić information content (AvgIpc) is 2.43. The maximum atomic E-state index is 5.61. The summed E-state index contributed by atoms with van der Waals surface area (Å²) in [5.74, 6) is 0. The van der Waals surface area contributed by atoms with Gasteiger partial charge in [-0.05, 0) is 6.92 Å². The molecule has 2 N–H and O–H groups in total. The topological polar surface area (TPSA) is 62.3 Å². The van der Waals surface area contributed by atoms with Crippen LogP contribution in [0.3, 0.4) is 0 Å². The van der Waals surface area contributed by atoms with E-state index in [-0.39, 0.29) is 0 Å². The molecule has 1 aromatic rings. The van der Waals surface area contributed by atoms with Gasteiger partial charge >= 0.3 is 0 Å². The van der Waals surface area contributed by atoms with E-state index >= 15 is 0 Å². The van der Waals surface area contributed by atoms with Crippen LogP contribution in [0.4, 0.5) is 5.69 Å². The lowest BCUT2D eigenvalue weighted by atomic mass is 10.4. The molecule has 13 heavy (non-hydrogen) atoms. The Labute approximate surface area is 77.4 Å². The third kappa shape index (κ3) is 2.71. The number of aromatic nitrogens is 2. The molecule has 0 fully saturated rings. The van der Waals surface area contributed by atoms with E-state index in [0.717, 1.165) is 5.69 Å². The van der Waals surface area contributed by atoms with Crippen LogP contribution in [0, 0.1) is 6.92 Å². The Morgan fingerprint density at radius 3 is 2.85 bits per heavy atom. The van der Waals surface area contributed by atoms with Crippen molar-refractivity contribution in [2.75, 3.05) is 26.1 Å². The quantitative estimate of drug-likeness (QED) is 0.674. The minimum atomic E-state index is 0.423. The summed E-state index contributed by atoms with van der Waals surface area (Å²) in [6, 6.07) is 0. The van der Waals surface area contributed by atoms with Crippen LogP contribution in [0.15, 0.2) is 6.20 Å². The van der Waals surface area contributed by atoms with Crippen LogP contribution in [0.25, 0.3) is 0 Å². The Balaban J connectivity index is 2.32. The second-order valence-corrected chi connectivity index (χ2v) is 2.72. The van der Waals surface area contributed by atoms with Crippen LogP contribution in [-0.2, 0) is 16.2 Å². The number of methoxy groups -OCH3 is 1. The van der Waals surface area contributed by atoms with Crippen LogP contribution in [0.2, 0.25) is 0 Å². The Hall–Kier alpha value is -1.07. The molecule has 0 saturated heterocycles. The molecule has 0 saturated carbocycles. The van der Waals surface area contributed by atoms with E-state index < -0.39 is 0 Å². The fourth-order valence-corrected chi connectivity index (χ4v) is 0.884. The van der Waals surface area contributed by atoms with Gasteiger partial charge in [0.2, 0.25) is 0 Å². The molecule has 0 aliphatic carbocycles. The normalized spacial score (nSPS) is 10.6. The molecule has 0 unspecified atom stereocenters. The highest BCUT2D eigenvalue weighted by atomic mass is 16.5. The number of rotatable bonds is 5. The van der Waals surface area contributed by atoms with Crippen molar-refractivity contribution >= 4 is 5.69 Å². The van der Waals surface area contributed by atoms with Gasteiger partial charge in [-0.3, -0.25) is 0 Å². The van der Waals surface area contributed by atoms with Gasteiger partial charge in [0.15, 0.2) is 0 Å². The standard InChI is InChI=1S/C8H15N3O2/c1-7-8(9)5-10-11(7)6-13-4-3-12-2/h5H,3-4,6,9H2,1-2H3. The van der Waals surface area contributed by atoms with E-state index in [0.29, 0.717) is 25.6 Å². The second-order valence-electron chi connectivity index (χ2n) is 2.72. The molecular weight excluding hydrogens is 170 g/mol. The van der Waals surface area contributed by atoms with Gasteiger partial charge in [-0.1, -0.05) is 0 Å². The lowest BCUT2D eigenvalue weighted by molar-refractivity contribution is 0.0280. The van der Waals surface area contributed by atoms with Crippen LogP contribution in [0.5, 0.6) is 0 Å². The van der Waals surface area contributed by atoms with E-state index in [4.69, 9.17) is 15.2 Å². The van der Waals surface area contributed by atoms with E-state index in [1.807, 2.05) is 6.92 Å². The number of hydrogen-bond donors (Lipinski definition) is 1. The highest BCUT2D eigenvalue weighted by Crippen LogP contribution is 2.07. The summed E-state index contributed by atoms with van der Waals surface area (Å²) < 4.78 is 11.8. The van der Waals surface area contributed by atoms with Gasteiger partial charge in [-0.2, -0.15) is 5.10 Å². The van der Waals surface area contributed by atoms with Crippen molar-refractivity contribution in [1.29, 1.82) is 0 Å². The molecule has 1 aromatic heterocycles. The zero-order valence-corrected chi connectivity index (χ0v) is 7.99. The van der Waals surface area contributed by atoms with E-state index in [2.05, 4.69) is 5.10 Å². The summed E-state index contributed by atoms with van der Waals surface area (Å²) >= 11 is 0. The fourth-order valence-electron chi connectivity index (χ4n) is 0.884. The maximum absolute atomic E-state index is 5.61. The molecule has 0 amide bonds. The first-order chi connectivity index (χ1) is 6.25. The monoisotopic (exact) mass is 185 g/mol. The Bertz CT molecular complexity index is 260. The lowest BCUT2D eigenvalue weighted by Gasteiger charge is -2.05. The molecule has 74 valence electrons. The van der Waals surface area contributed by atoms with Crippen molar-refractivity contribution in [1.82, 2.24) is 9.78 Å². The largest absolute Gasteiger partial charge is 0.396 e. The van der Waals surface area contributed by atoms with Gasteiger partial charge in [0.1, 0.15) is 6.73 Å². The molecule has 0 radical (unpaired) electrons. The number of nitrogen functional groups attached to an aromatic ring is 1. The number of hydrogen-bond acceptors (Lipinski definition) is 4. The summed E-state index contributed by atoms with van der Waals surface area (Å²) in [6.07, 6.45) is 1.62. The number of anilines is 1. The molecule has 0 aliphatic heterocycles. The van der Waals surface area contributed by atoms with Crippen LogP contribution >= 0.6 is 0 Å².